The Kier molecular flexibility index (Phi) is 5.34. The van der Waals surface area contributed by atoms with Crippen molar-refractivity contribution in [3.8, 4) is 0 Å². The molecule has 1 N–H and O–H groups in total. The molecular weight excluding hydrogens is 306 g/mol. The van der Waals surface area contributed by atoms with Crippen LogP contribution in [-0.2, 0) is 14.3 Å². The lowest BCUT2D eigenvalue weighted by Gasteiger charge is -2.34. The van der Waals surface area contributed by atoms with E-state index in [0.717, 1.165) is 0 Å². The maximum atomic E-state index is 12.4. The number of rotatable bonds is 6. The van der Waals surface area contributed by atoms with Gasteiger partial charge < -0.3 is 10.1 Å². The van der Waals surface area contributed by atoms with Crippen LogP contribution in [0.25, 0.3) is 0 Å². The Morgan fingerprint density at radius 3 is 2.50 bits per heavy atom. The van der Waals surface area contributed by atoms with Gasteiger partial charge in [-0.25, -0.2) is 0 Å². The summed E-state index contributed by atoms with van der Waals surface area (Å²) in [6.45, 7) is 7.92. The van der Waals surface area contributed by atoms with Crippen molar-refractivity contribution >= 4 is 23.0 Å². The van der Waals surface area contributed by atoms with Crippen LogP contribution in [0.1, 0.15) is 37.0 Å². The lowest BCUT2D eigenvalue weighted by atomic mass is 9.71. The van der Waals surface area contributed by atoms with Gasteiger partial charge >= 0.3 is 0 Å². The number of anilines is 1. The monoisotopic (exact) mass is 329 g/mol. The Morgan fingerprint density at radius 2 is 1.92 bits per heavy atom. The quantitative estimate of drug-likeness (QED) is 0.493. The second-order valence-corrected chi connectivity index (χ2v) is 6.69. The smallest absolute Gasteiger partial charge is 0.188 e. The van der Waals surface area contributed by atoms with Gasteiger partial charge in [-0.05, 0) is 35.3 Å². The van der Waals surface area contributed by atoms with E-state index in [1.807, 2.05) is 13.8 Å². The van der Waals surface area contributed by atoms with Crippen LogP contribution in [0.5, 0.6) is 0 Å². The molecule has 24 heavy (non-hydrogen) atoms. The number of methoxy groups -OCH3 is 1. The highest BCUT2D eigenvalue weighted by molar-refractivity contribution is 6.18. The van der Waals surface area contributed by atoms with Gasteiger partial charge in [-0.1, -0.05) is 20.4 Å². The number of benzene rings is 1. The van der Waals surface area contributed by atoms with E-state index in [1.54, 1.807) is 31.4 Å². The molecule has 0 aliphatic heterocycles. The summed E-state index contributed by atoms with van der Waals surface area (Å²) in [6, 6.07) is 5.85. The van der Waals surface area contributed by atoms with Crippen molar-refractivity contribution in [2.45, 2.75) is 32.7 Å². The number of carbonyl (C=O) groups excluding carboxylic acids is 3. The minimum absolute atomic E-state index is 0.0108. The predicted molar refractivity (Wildman–Crippen MR) is 92.2 cm³/mol. The van der Waals surface area contributed by atoms with Crippen LogP contribution in [0.15, 0.2) is 36.4 Å². The predicted octanol–water partition coefficient (Wildman–Crippen LogP) is 2.81. The topological polar surface area (TPSA) is 72.5 Å². The molecule has 0 aromatic heterocycles. The van der Waals surface area contributed by atoms with E-state index in [-0.39, 0.29) is 23.8 Å². The van der Waals surface area contributed by atoms with Gasteiger partial charge in [-0.15, -0.1) is 0 Å². The van der Waals surface area contributed by atoms with Crippen LogP contribution in [-0.4, -0.2) is 37.1 Å². The third kappa shape index (κ3) is 3.79. The number of Topliss-reactive ketones (excluding diaryl/α,β-unsaturated/α-hetero) is 3. The van der Waals surface area contributed by atoms with Crippen LogP contribution in [0, 0.1) is 5.41 Å². The number of carbonyl (C=O) groups is 3. The first kappa shape index (κ1) is 18.1. The van der Waals surface area contributed by atoms with Crippen molar-refractivity contribution in [1.29, 1.82) is 0 Å². The van der Waals surface area contributed by atoms with Crippen LogP contribution < -0.4 is 5.32 Å². The van der Waals surface area contributed by atoms with E-state index in [0.29, 0.717) is 29.9 Å². The van der Waals surface area contributed by atoms with E-state index in [2.05, 4.69) is 11.9 Å². The Labute approximate surface area is 142 Å². The van der Waals surface area contributed by atoms with Gasteiger partial charge in [0.05, 0.1) is 6.61 Å². The zero-order chi connectivity index (χ0) is 17.9. The summed E-state index contributed by atoms with van der Waals surface area (Å²) < 4.78 is 4.89. The van der Waals surface area contributed by atoms with Crippen molar-refractivity contribution in [1.82, 2.24) is 0 Å². The Morgan fingerprint density at radius 1 is 1.29 bits per heavy atom. The minimum Gasteiger partial charge on any atom is -0.384 e. The standard InChI is InChI=1S/C19H23NO4/c1-12-18(23)17(16(22)11-19(12,2)3)20-14-7-5-13(6-8-14)15(21)9-10-24-4/h5-8,17,20H,1,9-11H2,2-4H3. The second kappa shape index (κ2) is 7.09. The summed E-state index contributed by atoms with van der Waals surface area (Å²) >= 11 is 0. The van der Waals surface area contributed by atoms with Crippen molar-refractivity contribution < 1.29 is 19.1 Å². The first-order chi connectivity index (χ1) is 11.3. The second-order valence-electron chi connectivity index (χ2n) is 6.69. The molecule has 1 unspecified atom stereocenters. The van der Waals surface area contributed by atoms with Crippen LogP contribution in [0.2, 0.25) is 0 Å². The van der Waals surface area contributed by atoms with Crippen molar-refractivity contribution in [3.05, 3.63) is 42.0 Å². The highest BCUT2D eigenvalue weighted by Crippen LogP contribution is 2.36. The third-order valence-corrected chi connectivity index (χ3v) is 4.37. The molecule has 1 aliphatic carbocycles. The zero-order valence-electron chi connectivity index (χ0n) is 14.3. The molecule has 0 spiro atoms. The molecule has 1 aromatic carbocycles. The molecule has 0 radical (unpaired) electrons. The molecule has 128 valence electrons. The van der Waals surface area contributed by atoms with Gasteiger partial charge in [-0.3, -0.25) is 14.4 Å². The summed E-state index contributed by atoms with van der Waals surface area (Å²) in [7, 11) is 1.55. The maximum absolute atomic E-state index is 12.4. The highest BCUT2D eigenvalue weighted by atomic mass is 16.5. The first-order valence-corrected chi connectivity index (χ1v) is 7.91. The molecule has 1 aromatic rings. The number of nitrogens with one attached hydrogen (secondary N) is 1. The maximum Gasteiger partial charge on any atom is 0.188 e. The van der Waals surface area contributed by atoms with Gasteiger partial charge in [0, 0.05) is 31.2 Å². The van der Waals surface area contributed by atoms with Gasteiger partial charge in [0.1, 0.15) is 6.04 Å². The van der Waals surface area contributed by atoms with Gasteiger partial charge in [0.15, 0.2) is 17.3 Å². The molecular formula is C19H23NO4. The van der Waals surface area contributed by atoms with Crippen LogP contribution in [0.3, 0.4) is 0 Å². The fourth-order valence-electron chi connectivity index (χ4n) is 2.70. The molecule has 0 bridgehead atoms. The minimum atomic E-state index is -0.902. The zero-order valence-corrected chi connectivity index (χ0v) is 14.3. The van der Waals surface area contributed by atoms with E-state index < -0.39 is 11.5 Å². The summed E-state index contributed by atoms with van der Waals surface area (Å²) in [5.74, 6) is -0.419. The molecule has 1 atom stereocenters. The Hall–Kier alpha value is -2.27. The molecule has 5 heteroatoms. The fraction of sp³-hybridized carbons (Fsp3) is 0.421. The van der Waals surface area contributed by atoms with Crippen LogP contribution >= 0.6 is 0 Å². The molecule has 2 rings (SSSR count). The summed E-state index contributed by atoms with van der Waals surface area (Å²) in [5, 5.41) is 2.96. The molecule has 0 heterocycles. The average molecular weight is 329 g/mol. The lowest BCUT2D eigenvalue weighted by molar-refractivity contribution is -0.130. The van der Waals surface area contributed by atoms with Crippen molar-refractivity contribution in [3.63, 3.8) is 0 Å². The lowest BCUT2D eigenvalue weighted by Crippen LogP contribution is -2.47. The summed E-state index contributed by atoms with van der Waals surface area (Å²) in [6.07, 6.45) is 0.598. The number of hydrogen-bond acceptors (Lipinski definition) is 5. The van der Waals surface area contributed by atoms with Gasteiger partial charge in [-0.2, -0.15) is 0 Å². The van der Waals surface area contributed by atoms with E-state index in [4.69, 9.17) is 4.74 Å². The van der Waals surface area contributed by atoms with E-state index in [1.165, 1.54) is 0 Å². The van der Waals surface area contributed by atoms with Crippen molar-refractivity contribution in [2.24, 2.45) is 5.41 Å². The summed E-state index contributed by atoms with van der Waals surface area (Å²) in [5.41, 5.74) is 1.16. The third-order valence-electron chi connectivity index (χ3n) is 4.37. The normalized spacial score (nSPS) is 20.1. The number of ketones is 3. The largest absolute Gasteiger partial charge is 0.384 e. The molecule has 5 nitrogen and oxygen atoms in total. The van der Waals surface area contributed by atoms with E-state index >= 15 is 0 Å². The fourth-order valence-corrected chi connectivity index (χ4v) is 2.70. The van der Waals surface area contributed by atoms with E-state index in [9.17, 15) is 14.4 Å². The summed E-state index contributed by atoms with van der Waals surface area (Å²) in [4.78, 5) is 36.6. The molecule has 1 fully saturated rings. The van der Waals surface area contributed by atoms with Crippen LogP contribution in [0.4, 0.5) is 5.69 Å². The highest BCUT2D eigenvalue weighted by Gasteiger charge is 2.42. The average Bonchev–Trinajstić information content (AvgIpc) is 2.55. The number of ether oxygens (including phenoxy) is 1. The Balaban J connectivity index is 2.08. The number of hydrogen-bond donors (Lipinski definition) is 1. The molecule has 1 aliphatic rings. The van der Waals surface area contributed by atoms with Gasteiger partial charge in [0.25, 0.3) is 0 Å². The molecule has 0 saturated heterocycles. The molecule has 1 saturated carbocycles. The Bertz CT molecular complexity index is 673. The SMILES string of the molecule is C=C1C(=O)C(Nc2ccc(C(=O)CCOC)cc2)C(=O)CC1(C)C. The first-order valence-electron chi connectivity index (χ1n) is 7.91. The van der Waals surface area contributed by atoms with Gasteiger partial charge in [0.2, 0.25) is 0 Å². The molecule has 0 amide bonds. The van der Waals surface area contributed by atoms with Crippen molar-refractivity contribution in [2.75, 3.05) is 19.0 Å².